The predicted molar refractivity (Wildman–Crippen MR) is 127 cm³/mol. The summed E-state index contributed by atoms with van der Waals surface area (Å²) in [5, 5.41) is 13.2. The Bertz CT molecular complexity index is 1350. The Morgan fingerprint density at radius 1 is 0.914 bits per heavy atom. The topological polar surface area (TPSA) is 45.5 Å². The van der Waals surface area contributed by atoms with Crippen molar-refractivity contribution in [3.05, 3.63) is 125 Å². The molecule has 3 aromatic carbocycles. The molecule has 1 atom stereocenters. The Morgan fingerprint density at radius 2 is 1.66 bits per heavy atom. The van der Waals surface area contributed by atoms with E-state index in [1.807, 2.05) is 0 Å². The van der Waals surface area contributed by atoms with Crippen LogP contribution in [0.2, 0.25) is 0 Å². The molecule has 1 N–H and O–H groups in total. The summed E-state index contributed by atoms with van der Waals surface area (Å²) < 4.78 is 55.4. The van der Waals surface area contributed by atoms with Crippen LogP contribution in [-0.2, 0) is 6.18 Å². The zero-order valence-electron chi connectivity index (χ0n) is 18.8. The van der Waals surface area contributed by atoms with E-state index in [1.54, 1.807) is 67.7 Å². The van der Waals surface area contributed by atoms with E-state index in [1.165, 1.54) is 24.3 Å². The highest BCUT2D eigenvalue weighted by atomic mass is 19.4. The molecule has 4 rings (SSSR count). The number of aryl methyl sites for hydroxylation is 1. The van der Waals surface area contributed by atoms with Gasteiger partial charge in [0.25, 0.3) is 0 Å². The highest BCUT2D eigenvalue weighted by Crippen LogP contribution is 2.40. The van der Waals surface area contributed by atoms with Gasteiger partial charge in [0.2, 0.25) is 0 Å². The van der Waals surface area contributed by atoms with E-state index >= 15 is 0 Å². The summed E-state index contributed by atoms with van der Waals surface area (Å²) in [6.07, 6.45) is -2.98. The van der Waals surface area contributed by atoms with E-state index in [0.717, 1.165) is 11.6 Å². The SMILES string of the molecule is Cc1cc(/C(CC(c2ccc(-c3cccc(F)c3)cc2)c2ccccc2C(F)(F)F)=N/O)ccn1. The van der Waals surface area contributed by atoms with Crippen LogP contribution in [0.5, 0.6) is 0 Å². The number of hydrogen-bond donors (Lipinski definition) is 1. The molecule has 0 aliphatic heterocycles. The normalized spacial score (nSPS) is 13.0. The van der Waals surface area contributed by atoms with Crippen molar-refractivity contribution in [2.75, 3.05) is 0 Å². The van der Waals surface area contributed by atoms with E-state index in [9.17, 15) is 22.8 Å². The number of oxime groups is 1. The zero-order valence-corrected chi connectivity index (χ0v) is 18.8. The minimum atomic E-state index is -4.56. The van der Waals surface area contributed by atoms with Crippen molar-refractivity contribution in [3.63, 3.8) is 0 Å². The lowest BCUT2D eigenvalue weighted by Gasteiger charge is -2.23. The second-order valence-corrected chi connectivity index (χ2v) is 8.21. The van der Waals surface area contributed by atoms with Gasteiger partial charge in [-0.3, -0.25) is 4.98 Å². The number of nitrogens with zero attached hydrogens (tertiary/aromatic N) is 2. The maximum atomic E-state index is 13.9. The highest BCUT2D eigenvalue weighted by molar-refractivity contribution is 6.01. The van der Waals surface area contributed by atoms with Crippen LogP contribution in [0.1, 0.15) is 40.3 Å². The Kier molecular flexibility index (Phi) is 6.96. The number of alkyl halides is 3. The Balaban J connectivity index is 1.79. The van der Waals surface area contributed by atoms with Crippen LogP contribution in [0.4, 0.5) is 17.6 Å². The van der Waals surface area contributed by atoms with Crippen molar-refractivity contribution in [2.24, 2.45) is 5.16 Å². The van der Waals surface area contributed by atoms with Crippen LogP contribution >= 0.6 is 0 Å². The number of pyridine rings is 1. The Hall–Kier alpha value is -4.00. The summed E-state index contributed by atoms with van der Waals surface area (Å²) in [6, 6.07) is 21.8. The monoisotopic (exact) mass is 478 g/mol. The van der Waals surface area contributed by atoms with Crippen LogP contribution in [0.3, 0.4) is 0 Å². The Morgan fingerprint density at radius 3 is 2.31 bits per heavy atom. The van der Waals surface area contributed by atoms with Gasteiger partial charge in [0.05, 0.1) is 11.3 Å². The molecule has 1 aromatic heterocycles. The molecule has 178 valence electrons. The van der Waals surface area contributed by atoms with Crippen molar-refractivity contribution in [1.82, 2.24) is 4.98 Å². The zero-order chi connectivity index (χ0) is 25.0. The van der Waals surface area contributed by atoms with Gasteiger partial charge in [-0.05, 0) is 59.5 Å². The van der Waals surface area contributed by atoms with Crippen LogP contribution in [-0.4, -0.2) is 15.9 Å². The fourth-order valence-corrected chi connectivity index (χ4v) is 4.18. The van der Waals surface area contributed by atoms with E-state index in [-0.39, 0.29) is 23.5 Å². The maximum Gasteiger partial charge on any atom is 0.416 e. The minimum Gasteiger partial charge on any atom is -0.411 e. The first-order valence-electron chi connectivity index (χ1n) is 10.9. The van der Waals surface area contributed by atoms with Crippen LogP contribution in [0.15, 0.2) is 96.3 Å². The second-order valence-electron chi connectivity index (χ2n) is 8.21. The largest absolute Gasteiger partial charge is 0.416 e. The summed E-state index contributed by atoms with van der Waals surface area (Å²) in [7, 11) is 0. The van der Waals surface area contributed by atoms with Gasteiger partial charge in [-0.25, -0.2) is 4.39 Å². The second kappa shape index (κ2) is 10.1. The molecule has 0 aliphatic rings. The molecular weight excluding hydrogens is 456 g/mol. The van der Waals surface area contributed by atoms with Crippen LogP contribution in [0, 0.1) is 12.7 Å². The van der Waals surface area contributed by atoms with Gasteiger partial charge in [-0.2, -0.15) is 13.2 Å². The quantitative estimate of drug-likeness (QED) is 0.134. The molecule has 4 aromatic rings. The summed E-state index contributed by atoms with van der Waals surface area (Å²) in [5.74, 6) is -1.13. The first-order valence-corrected chi connectivity index (χ1v) is 10.9. The molecule has 0 amide bonds. The van der Waals surface area contributed by atoms with Gasteiger partial charge in [0, 0.05) is 29.8 Å². The molecule has 0 saturated carbocycles. The number of halogens is 4. The third kappa shape index (κ3) is 5.57. The molecule has 0 radical (unpaired) electrons. The fourth-order valence-electron chi connectivity index (χ4n) is 4.18. The molecule has 0 saturated heterocycles. The lowest BCUT2D eigenvalue weighted by molar-refractivity contribution is -0.138. The van der Waals surface area contributed by atoms with Gasteiger partial charge in [0.15, 0.2) is 0 Å². The molecular formula is C28H22F4N2O. The van der Waals surface area contributed by atoms with Crippen LogP contribution < -0.4 is 0 Å². The third-order valence-electron chi connectivity index (χ3n) is 5.86. The van der Waals surface area contributed by atoms with Crippen molar-refractivity contribution in [1.29, 1.82) is 0 Å². The van der Waals surface area contributed by atoms with Crippen molar-refractivity contribution >= 4 is 5.71 Å². The summed E-state index contributed by atoms with van der Waals surface area (Å²) in [5.41, 5.74) is 2.83. The fraction of sp³-hybridized carbons (Fsp3) is 0.143. The molecule has 7 heteroatoms. The van der Waals surface area contributed by atoms with Crippen molar-refractivity contribution in [2.45, 2.75) is 25.4 Å². The first kappa shape index (κ1) is 24.1. The molecule has 1 heterocycles. The number of hydrogen-bond acceptors (Lipinski definition) is 3. The molecule has 1 unspecified atom stereocenters. The third-order valence-corrected chi connectivity index (χ3v) is 5.86. The van der Waals surface area contributed by atoms with E-state index in [4.69, 9.17) is 0 Å². The predicted octanol–water partition coefficient (Wildman–Crippen LogP) is 7.62. The molecule has 0 aliphatic carbocycles. The first-order chi connectivity index (χ1) is 16.8. The van der Waals surface area contributed by atoms with Gasteiger partial charge in [-0.1, -0.05) is 59.8 Å². The van der Waals surface area contributed by atoms with Gasteiger partial charge in [0.1, 0.15) is 5.82 Å². The average Bonchev–Trinajstić information content (AvgIpc) is 2.84. The highest BCUT2D eigenvalue weighted by Gasteiger charge is 2.35. The number of rotatable bonds is 6. The smallest absolute Gasteiger partial charge is 0.411 e. The van der Waals surface area contributed by atoms with Crippen molar-refractivity contribution in [3.8, 4) is 11.1 Å². The summed E-state index contributed by atoms with van der Waals surface area (Å²) in [6.45, 7) is 1.78. The van der Waals surface area contributed by atoms with E-state index < -0.39 is 17.7 Å². The summed E-state index contributed by atoms with van der Waals surface area (Å²) >= 11 is 0. The Labute approximate surface area is 200 Å². The summed E-state index contributed by atoms with van der Waals surface area (Å²) in [4.78, 5) is 4.13. The molecule has 3 nitrogen and oxygen atoms in total. The maximum absolute atomic E-state index is 13.9. The van der Waals surface area contributed by atoms with Crippen molar-refractivity contribution < 1.29 is 22.8 Å². The number of aromatic nitrogens is 1. The lowest BCUT2D eigenvalue weighted by atomic mass is 9.82. The van der Waals surface area contributed by atoms with Gasteiger partial charge in [-0.15, -0.1) is 0 Å². The molecule has 35 heavy (non-hydrogen) atoms. The average molecular weight is 478 g/mol. The molecule has 0 fully saturated rings. The lowest BCUT2D eigenvalue weighted by Crippen LogP contribution is -2.16. The standard InChI is InChI=1S/C28H22F4N2O/c1-18-15-22(13-14-33-18)27(34-35)17-25(24-7-2-3-8-26(24)28(30,31)32)20-11-9-19(10-12-20)21-5-4-6-23(29)16-21/h2-16,25,35H,17H2,1H3/b34-27+. The molecule has 0 bridgehead atoms. The van der Waals surface area contributed by atoms with E-state index in [0.29, 0.717) is 22.4 Å². The molecule has 0 spiro atoms. The van der Waals surface area contributed by atoms with Gasteiger partial charge >= 0.3 is 6.18 Å². The number of benzene rings is 3. The minimum absolute atomic E-state index is 0.0202. The van der Waals surface area contributed by atoms with Gasteiger partial charge < -0.3 is 5.21 Å². The van der Waals surface area contributed by atoms with E-state index in [2.05, 4.69) is 10.1 Å². The van der Waals surface area contributed by atoms with Crippen LogP contribution in [0.25, 0.3) is 11.1 Å².